The molecule has 0 atom stereocenters. The van der Waals surface area contributed by atoms with Gasteiger partial charge in [-0.2, -0.15) is 4.98 Å². The number of nitrogen functional groups attached to an aromatic ring is 1. The molecule has 0 saturated carbocycles. The number of hydrogen-bond donors (Lipinski definition) is 2. The molecule has 1 aliphatic rings. The second-order valence-electron chi connectivity index (χ2n) is 4.27. The fraction of sp³-hybridized carbons (Fsp3) is 0.636. The minimum atomic E-state index is 0.375. The highest BCUT2D eigenvalue weighted by atomic mass is 16.5. The first-order chi connectivity index (χ1) is 8.24. The van der Waals surface area contributed by atoms with E-state index in [1.807, 2.05) is 6.92 Å². The van der Waals surface area contributed by atoms with Crippen molar-refractivity contribution in [3.63, 3.8) is 0 Å². The molecule has 17 heavy (non-hydrogen) atoms. The summed E-state index contributed by atoms with van der Waals surface area (Å²) < 4.78 is 5.36. The Morgan fingerprint density at radius 1 is 1.47 bits per heavy atom. The number of anilines is 2. The van der Waals surface area contributed by atoms with Gasteiger partial charge in [-0.05, 0) is 19.8 Å². The number of hydrogen-bond acceptors (Lipinski definition) is 6. The second-order valence-corrected chi connectivity index (χ2v) is 4.27. The summed E-state index contributed by atoms with van der Waals surface area (Å²) >= 11 is 0. The molecular weight excluding hydrogens is 218 g/mol. The lowest BCUT2D eigenvalue weighted by Crippen LogP contribution is -2.37. The molecule has 0 unspecified atom stereocenters. The van der Waals surface area contributed by atoms with Crippen molar-refractivity contribution in [2.45, 2.75) is 25.9 Å². The predicted molar refractivity (Wildman–Crippen MR) is 66.8 cm³/mol. The summed E-state index contributed by atoms with van der Waals surface area (Å²) in [5.41, 5.74) is 3.55. The predicted octanol–water partition coefficient (Wildman–Crippen LogP) is 0.686. The second kappa shape index (κ2) is 5.29. The molecule has 94 valence electrons. The maximum atomic E-state index is 5.36. The maximum absolute atomic E-state index is 5.36. The Balaban J connectivity index is 2.12. The summed E-state index contributed by atoms with van der Waals surface area (Å²) in [6.45, 7) is 3.93. The van der Waals surface area contributed by atoms with E-state index in [1.54, 1.807) is 13.3 Å². The van der Waals surface area contributed by atoms with Crippen LogP contribution in [0.3, 0.4) is 0 Å². The molecule has 3 N–H and O–H groups in total. The summed E-state index contributed by atoms with van der Waals surface area (Å²) in [6.07, 6.45) is 4.23. The van der Waals surface area contributed by atoms with Gasteiger partial charge in [0.05, 0.1) is 6.10 Å². The van der Waals surface area contributed by atoms with Crippen LogP contribution in [0.1, 0.15) is 18.4 Å². The minimum Gasteiger partial charge on any atom is -0.381 e. The SMILES string of the molecule is COC1CCN(c2nc(NN)ncc2C)CC1. The molecule has 6 nitrogen and oxygen atoms in total. The van der Waals surface area contributed by atoms with Crippen molar-refractivity contribution in [2.75, 3.05) is 30.5 Å². The van der Waals surface area contributed by atoms with E-state index in [0.29, 0.717) is 12.1 Å². The van der Waals surface area contributed by atoms with Crippen LogP contribution in [-0.4, -0.2) is 36.3 Å². The normalized spacial score (nSPS) is 17.2. The molecule has 0 aromatic carbocycles. The highest BCUT2D eigenvalue weighted by Crippen LogP contribution is 2.22. The Bertz CT molecular complexity index is 376. The van der Waals surface area contributed by atoms with Crippen LogP contribution in [0.2, 0.25) is 0 Å². The number of nitrogens with zero attached hydrogens (tertiary/aromatic N) is 3. The van der Waals surface area contributed by atoms with Gasteiger partial charge >= 0.3 is 0 Å². The third-order valence-electron chi connectivity index (χ3n) is 3.15. The summed E-state index contributed by atoms with van der Waals surface area (Å²) in [4.78, 5) is 10.7. The molecule has 1 aliphatic heterocycles. The lowest BCUT2D eigenvalue weighted by Gasteiger charge is -2.32. The number of hydrazine groups is 1. The number of nitrogens with one attached hydrogen (secondary N) is 1. The number of methoxy groups -OCH3 is 1. The fourth-order valence-electron chi connectivity index (χ4n) is 2.13. The third-order valence-corrected chi connectivity index (χ3v) is 3.15. The van der Waals surface area contributed by atoms with Gasteiger partial charge in [0.1, 0.15) is 5.82 Å². The van der Waals surface area contributed by atoms with Crippen LogP contribution >= 0.6 is 0 Å². The summed E-state index contributed by atoms with van der Waals surface area (Å²) in [5.74, 6) is 6.75. The molecule has 1 aromatic rings. The summed E-state index contributed by atoms with van der Waals surface area (Å²) in [7, 11) is 1.77. The topological polar surface area (TPSA) is 76.3 Å². The van der Waals surface area contributed by atoms with Gasteiger partial charge in [-0.1, -0.05) is 0 Å². The quantitative estimate of drug-likeness (QED) is 0.595. The highest BCUT2D eigenvalue weighted by Gasteiger charge is 2.21. The van der Waals surface area contributed by atoms with Gasteiger partial charge in [-0.25, -0.2) is 10.8 Å². The van der Waals surface area contributed by atoms with E-state index < -0.39 is 0 Å². The van der Waals surface area contributed by atoms with Gasteiger partial charge in [-0.15, -0.1) is 0 Å². The standard InChI is InChI=1S/C11H19N5O/c1-8-7-13-11(15-12)14-10(8)16-5-3-9(17-2)4-6-16/h7,9H,3-6,12H2,1-2H3,(H,13,14,15). The average Bonchev–Trinajstić information content (AvgIpc) is 2.39. The Labute approximate surface area is 101 Å². The number of ether oxygens (including phenoxy) is 1. The molecule has 2 heterocycles. The van der Waals surface area contributed by atoms with Crippen molar-refractivity contribution in [3.05, 3.63) is 11.8 Å². The number of rotatable bonds is 3. The molecule has 0 radical (unpaired) electrons. The average molecular weight is 237 g/mol. The van der Waals surface area contributed by atoms with Crippen molar-refractivity contribution in [1.29, 1.82) is 0 Å². The molecule has 0 amide bonds. The zero-order valence-electron chi connectivity index (χ0n) is 10.3. The molecule has 0 aliphatic carbocycles. The number of piperidine rings is 1. The Kier molecular flexibility index (Phi) is 3.75. The van der Waals surface area contributed by atoms with Crippen molar-refractivity contribution in [1.82, 2.24) is 9.97 Å². The van der Waals surface area contributed by atoms with Crippen LogP contribution in [-0.2, 0) is 4.74 Å². The zero-order chi connectivity index (χ0) is 12.3. The van der Waals surface area contributed by atoms with E-state index in [-0.39, 0.29) is 0 Å². The Morgan fingerprint density at radius 2 is 2.18 bits per heavy atom. The first-order valence-electron chi connectivity index (χ1n) is 5.82. The molecule has 2 rings (SSSR count). The number of aryl methyl sites for hydroxylation is 1. The lowest BCUT2D eigenvalue weighted by atomic mass is 10.1. The fourth-order valence-corrected chi connectivity index (χ4v) is 2.13. The van der Waals surface area contributed by atoms with Gasteiger partial charge < -0.3 is 9.64 Å². The molecule has 0 bridgehead atoms. The smallest absolute Gasteiger partial charge is 0.239 e. The molecule has 1 saturated heterocycles. The largest absolute Gasteiger partial charge is 0.381 e. The van der Waals surface area contributed by atoms with Gasteiger partial charge in [0.2, 0.25) is 5.95 Å². The highest BCUT2D eigenvalue weighted by molar-refractivity contribution is 5.49. The van der Waals surface area contributed by atoms with Crippen molar-refractivity contribution < 1.29 is 4.74 Å². The Hall–Kier alpha value is -1.40. The van der Waals surface area contributed by atoms with Gasteiger partial charge in [0.15, 0.2) is 0 Å². The van der Waals surface area contributed by atoms with Crippen LogP contribution in [0, 0.1) is 6.92 Å². The van der Waals surface area contributed by atoms with Gasteiger partial charge in [-0.3, -0.25) is 5.43 Å². The molecule has 1 aromatic heterocycles. The molecule has 0 spiro atoms. The first-order valence-corrected chi connectivity index (χ1v) is 5.82. The zero-order valence-corrected chi connectivity index (χ0v) is 10.3. The monoisotopic (exact) mass is 237 g/mol. The van der Waals surface area contributed by atoms with Gasteiger partial charge in [0.25, 0.3) is 0 Å². The van der Waals surface area contributed by atoms with Crippen molar-refractivity contribution >= 4 is 11.8 Å². The van der Waals surface area contributed by atoms with Crippen LogP contribution < -0.4 is 16.2 Å². The number of aromatic nitrogens is 2. The lowest BCUT2D eigenvalue weighted by molar-refractivity contribution is 0.0818. The third kappa shape index (κ3) is 2.65. The Morgan fingerprint density at radius 3 is 2.76 bits per heavy atom. The van der Waals surface area contributed by atoms with Crippen LogP contribution in [0.5, 0.6) is 0 Å². The molecule has 1 fully saturated rings. The van der Waals surface area contributed by atoms with E-state index >= 15 is 0 Å². The minimum absolute atomic E-state index is 0.375. The molecule has 6 heteroatoms. The summed E-state index contributed by atoms with van der Waals surface area (Å²) in [6, 6.07) is 0. The van der Waals surface area contributed by atoms with E-state index in [4.69, 9.17) is 10.6 Å². The molecular formula is C11H19N5O. The van der Waals surface area contributed by atoms with Gasteiger partial charge in [0, 0.05) is 32.0 Å². The van der Waals surface area contributed by atoms with Crippen molar-refractivity contribution in [2.24, 2.45) is 5.84 Å². The number of nitrogens with two attached hydrogens (primary N) is 1. The van der Waals surface area contributed by atoms with E-state index in [2.05, 4.69) is 20.3 Å². The van der Waals surface area contributed by atoms with E-state index in [0.717, 1.165) is 37.3 Å². The van der Waals surface area contributed by atoms with Crippen LogP contribution in [0.15, 0.2) is 6.20 Å². The van der Waals surface area contributed by atoms with E-state index in [1.165, 1.54) is 0 Å². The van der Waals surface area contributed by atoms with E-state index in [9.17, 15) is 0 Å². The maximum Gasteiger partial charge on any atom is 0.239 e. The van der Waals surface area contributed by atoms with Crippen LogP contribution in [0.4, 0.5) is 11.8 Å². The van der Waals surface area contributed by atoms with Crippen LogP contribution in [0.25, 0.3) is 0 Å². The first kappa shape index (κ1) is 12.1. The summed E-state index contributed by atoms with van der Waals surface area (Å²) in [5, 5.41) is 0. The van der Waals surface area contributed by atoms with Crippen molar-refractivity contribution in [3.8, 4) is 0 Å².